The van der Waals surface area contributed by atoms with Crippen molar-refractivity contribution in [1.29, 1.82) is 0 Å². The number of benzene rings is 1. The molecule has 2 aromatic heterocycles. The van der Waals surface area contributed by atoms with Gasteiger partial charge >= 0.3 is 5.76 Å². The number of H-pyrrole nitrogens is 1. The summed E-state index contributed by atoms with van der Waals surface area (Å²) in [4.78, 5) is 18.1. The van der Waals surface area contributed by atoms with E-state index in [1.807, 2.05) is 6.07 Å². The summed E-state index contributed by atoms with van der Waals surface area (Å²) in [5.41, 5.74) is 1.35. The molecule has 0 bridgehead atoms. The van der Waals surface area contributed by atoms with Crippen LogP contribution in [0.3, 0.4) is 0 Å². The minimum absolute atomic E-state index is 0. The third-order valence-corrected chi connectivity index (χ3v) is 5.00. The fourth-order valence-electron chi connectivity index (χ4n) is 2.97. The molecule has 4 rings (SSSR count). The first kappa shape index (κ1) is 21.6. The summed E-state index contributed by atoms with van der Waals surface area (Å²) in [7, 11) is 0. The van der Waals surface area contributed by atoms with Gasteiger partial charge in [-0.3, -0.25) is 9.51 Å². The molecule has 0 radical (unpaired) electrons. The zero-order valence-electron chi connectivity index (χ0n) is 14.9. The summed E-state index contributed by atoms with van der Waals surface area (Å²) in [6, 6.07) is 8.80. The second-order valence-electron chi connectivity index (χ2n) is 6.13. The highest BCUT2D eigenvalue weighted by Crippen LogP contribution is 2.33. The monoisotopic (exact) mass is 458 g/mol. The first-order chi connectivity index (χ1) is 13.6. The fourth-order valence-corrected chi connectivity index (χ4v) is 3.28. The smallest absolute Gasteiger partial charge is 0.439 e. The Morgan fingerprint density at radius 3 is 2.83 bits per heavy atom. The second kappa shape index (κ2) is 9.60. The van der Waals surface area contributed by atoms with Crippen molar-refractivity contribution < 1.29 is 14.0 Å². The molecular formula is C18H17Cl3N4O4. The SMILES string of the molecule is Cl.O=c1[nH]c(-c2cccnc2O[C@@H]2CNCCO[C@H]2c2ccc(Cl)c(Cl)c2)no1. The standard InChI is InChI=1S/C18H16Cl2N4O4.ClH/c19-12-4-3-10(8-13(12)20)15-14(9-21-6-7-26-15)27-17-11(2-1-5-22-17)16-23-18(25)28-24-16;/h1-5,8,14-15,21H,6-7,9H2,(H,23,24,25);1H/t14-,15+;/m1./s1. The molecule has 11 heteroatoms. The lowest BCUT2D eigenvalue weighted by atomic mass is 10.0. The van der Waals surface area contributed by atoms with Crippen LogP contribution in [0.25, 0.3) is 11.4 Å². The van der Waals surface area contributed by atoms with Crippen molar-refractivity contribution in [3.05, 3.63) is 62.7 Å². The fraction of sp³-hybridized carbons (Fsp3) is 0.278. The molecule has 0 spiro atoms. The Kier molecular flexibility index (Phi) is 7.15. The molecular weight excluding hydrogens is 443 g/mol. The molecule has 1 aliphatic rings. The number of rotatable bonds is 4. The van der Waals surface area contributed by atoms with Crippen LogP contribution < -0.4 is 15.8 Å². The molecule has 0 unspecified atom stereocenters. The van der Waals surface area contributed by atoms with E-state index in [2.05, 4.69) is 25.0 Å². The predicted octanol–water partition coefficient (Wildman–Crippen LogP) is 3.26. The van der Waals surface area contributed by atoms with Crippen LogP contribution in [0.2, 0.25) is 10.0 Å². The van der Waals surface area contributed by atoms with Crippen molar-refractivity contribution in [1.82, 2.24) is 20.4 Å². The van der Waals surface area contributed by atoms with Crippen molar-refractivity contribution in [3.63, 3.8) is 0 Å². The van der Waals surface area contributed by atoms with Gasteiger partial charge in [0.15, 0.2) is 5.82 Å². The van der Waals surface area contributed by atoms with Gasteiger partial charge in [0.1, 0.15) is 12.2 Å². The van der Waals surface area contributed by atoms with Crippen molar-refractivity contribution >= 4 is 35.6 Å². The second-order valence-corrected chi connectivity index (χ2v) is 6.94. The maximum Gasteiger partial charge on any atom is 0.439 e. The maximum absolute atomic E-state index is 11.3. The van der Waals surface area contributed by atoms with E-state index >= 15 is 0 Å². The summed E-state index contributed by atoms with van der Waals surface area (Å²) in [6.07, 6.45) is 0.791. The van der Waals surface area contributed by atoms with E-state index < -0.39 is 18.0 Å². The summed E-state index contributed by atoms with van der Waals surface area (Å²) >= 11 is 12.2. The van der Waals surface area contributed by atoms with Gasteiger partial charge in [-0.1, -0.05) is 34.4 Å². The number of aromatic amines is 1. The van der Waals surface area contributed by atoms with E-state index in [4.69, 9.17) is 32.7 Å². The van der Waals surface area contributed by atoms with Gasteiger partial charge in [-0.05, 0) is 29.8 Å². The van der Waals surface area contributed by atoms with E-state index in [9.17, 15) is 4.79 Å². The average Bonchev–Trinajstić information content (AvgIpc) is 2.99. The van der Waals surface area contributed by atoms with Crippen molar-refractivity contribution in [2.24, 2.45) is 0 Å². The Morgan fingerprint density at radius 1 is 1.21 bits per heavy atom. The molecule has 2 N–H and O–H groups in total. The molecule has 1 fully saturated rings. The van der Waals surface area contributed by atoms with Gasteiger partial charge in [0.05, 0.1) is 22.2 Å². The highest BCUT2D eigenvalue weighted by molar-refractivity contribution is 6.42. The molecule has 3 aromatic rings. The molecule has 3 heterocycles. The molecule has 2 atom stereocenters. The van der Waals surface area contributed by atoms with E-state index in [0.717, 1.165) is 5.56 Å². The van der Waals surface area contributed by atoms with E-state index in [1.165, 1.54) is 0 Å². The van der Waals surface area contributed by atoms with Crippen LogP contribution in [0, 0.1) is 0 Å². The first-order valence-corrected chi connectivity index (χ1v) is 9.33. The van der Waals surface area contributed by atoms with Crippen LogP contribution >= 0.6 is 35.6 Å². The van der Waals surface area contributed by atoms with Crippen molar-refractivity contribution in [3.8, 4) is 17.3 Å². The molecule has 1 aromatic carbocycles. The largest absolute Gasteiger partial charge is 0.469 e. The van der Waals surface area contributed by atoms with Crippen LogP contribution in [0.4, 0.5) is 0 Å². The van der Waals surface area contributed by atoms with Gasteiger partial charge in [0, 0.05) is 19.3 Å². The van der Waals surface area contributed by atoms with Gasteiger partial charge in [-0.25, -0.2) is 9.78 Å². The summed E-state index contributed by atoms with van der Waals surface area (Å²) in [6.45, 7) is 1.72. The predicted molar refractivity (Wildman–Crippen MR) is 110 cm³/mol. The molecule has 0 amide bonds. The van der Waals surface area contributed by atoms with Crippen LogP contribution in [0.15, 0.2) is 45.8 Å². The minimum Gasteiger partial charge on any atom is -0.469 e. The summed E-state index contributed by atoms with van der Waals surface area (Å²) < 4.78 is 16.8. The number of pyridine rings is 1. The highest BCUT2D eigenvalue weighted by Gasteiger charge is 2.30. The molecule has 1 aliphatic heterocycles. The Labute approximate surface area is 181 Å². The Hall–Kier alpha value is -2.10. The van der Waals surface area contributed by atoms with Gasteiger partial charge in [-0.2, -0.15) is 0 Å². The average molecular weight is 460 g/mol. The Balaban J connectivity index is 0.00000240. The third kappa shape index (κ3) is 4.91. The number of nitrogens with zero attached hydrogens (tertiary/aromatic N) is 2. The lowest BCUT2D eigenvalue weighted by molar-refractivity contribution is -0.00981. The van der Waals surface area contributed by atoms with E-state index in [1.54, 1.807) is 30.5 Å². The highest BCUT2D eigenvalue weighted by atomic mass is 35.5. The van der Waals surface area contributed by atoms with Crippen LogP contribution in [0.5, 0.6) is 5.88 Å². The molecule has 29 heavy (non-hydrogen) atoms. The normalized spacial score (nSPS) is 19.2. The van der Waals surface area contributed by atoms with Crippen molar-refractivity contribution in [2.45, 2.75) is 12.2 Å². The van der Waals surface area contributed by atoms with E-state index in [-0.39, 0.29) is 18.2 Å². The topological polar surface area (TPSA) is 102 Å². The Bertz CT molecular complexity index is 1030. The number of nitrogens with one attached hydrogen (secondary N) is 2. The maximum atomic E-state index is 11.3. The first-order valence-electron chi connectivity index (χ1n) is 8.57. The zero-order valence-corrected chi connectivity index (χ0v) is 17.3. The molecule has 154 valence electrons. The lowest BCUT2D eigenvalue weighted by Crippen LogP contribution is -2.34. The zero-order chi connectivity index (χ0) is 19.5. The van der Waals surface area contributed by atoms with Crippen LogP contribution in [0.1, 0.15) is 11.7 Å². The summed E-state index contributed by atoms with van der Waals surface area (Å²) in [5.74, 6) is -0.117. The number of ether oxygens (including phenoxy) is 2. The summed E-state index contributed by atoms with van der Waals surface area (Å²) in [5, 5.41) is 7.90. The quantitative estimate of drug-likeness (QED) is 0.617. The van der Waals surface area contributed by atoms with Gasteiger partial charge in [-0.15, -0.1) is 12.4 Å². The number of hydrogen-bond acceptors (Lipinski definition) is 7. The van der Waals surface area contributed by atoms with Gasteiger partial charge in [0.25, 0.3) is 0 Å². The van der Waals surface area contributed by atoms with Crippen LogP contribution in [-0.4, -0.2) is 40.9 Å². The van der Waals surface area contributed by atoms with Gasteiger partial charge < -0.3 is 14.8 Å². The number of halogens is 3. The van der Waals surface area contributed by atoms with Crippen molar-refractivity contribution in [2.75, 3.05) is 19.7 Å². The van der Waals surface area contributed by atoms with Crippen LogP contribution in [-0.2, 0) is 4.74 Å². The minimum atomic E-state index is -0.655. The molecule has 8 nitrogen and oxygen atoms in total. The molecule has 0 aliphatic carbocycles. The molecule has 1 saturated heterocycles. The lowest BCUT2D eigenvalue weighted by Gasteiger charge is -2.26. The molecule has 0 saturated carbocycles. The van der Waals surface area contributed by atoms with E-state index in [0.29, 0.717) is 41.2 Å². The van der Waals surface area contributed by atoms with Gasteiger partial charge in [0.2, 0.25) is 5.88 Å². The number of hydrogen-bond donors (Lipinski definition) is 2. The third-order valence-electron chi connectivity index (χ3n) is 4.26. The Morgan fingerprint density at radius 2 is 2.07 bits per heavy atom. The number of aromatic nitrogens is 3.